The molecule has 1 saturated carbocycles. The molecule has 1 N–H and O–H groups in total. The highest BCUT2D eigenvalue weighted by Crippen LogP contribution is 2.35. The predicted molar refractivity (Wildman–Crippen MR) is 143 cm³/mol. The molecule has 39 heavy (non-hydrogen) atoms. The summed E-state index contributed by atoms with van der Waals surface area (Å²) in [6.45, 7) is 0.779. The molecule has 0 amide bonds. The summed E-state index contributed by atoms with van der Waals surface area (Å²) in [7, 11) is 1.61. The molecule has 0 bridgehead atoms. The number of benzene rings is 2. The Morgan fingerprint density at radius 2 is 1.95 bits per heavy atom. The Kier molecular flexibility index (Phi) is 6.93. The molecule has 1 atom stereocenters. The van der Waals surface area contributed by atoms with E-state index in [9.17, 15) is 9.18 Å². The standard InChI is InChI=1S/C29H29FN6O3/c1-38-23-12-13-26-20(15-23)16-25(29(37)31-26)27(28-32-33-34-36(28)22-5-2-3-6-22)35(18-24-7-4-14-39-24)17-19-8-10-21(30)11-9-19/h4,7-16,22,27H,2-3,5-6,17-18H2,1H3,(H,31,37)/t27-/m1/s1. The van der Waals surface area contributed by atoms with E-state index in [1.807, 2.05) is 41.1 Å². The number of halogens is 1. The molecule has 10 heteroatoms. The minimum atomic E-state index is -0.616. The molecule has 0 spiro atoms. The zero-order chi connectivity index (χ0) is 26.8. The van der Waals surface area contributed by atoms with Crippen LogP contribution >= 0.6 is 0 Å². The third-order valence-corrected chi connectivity index (χ3v) is 7.41. The number of H-pyrrole nitrogens is 1. The van der Waals surface area contributed by atoms with Crippen LogP contribution in [0.3, 0.4) is 0 Å². The number of aromatic nitrogens is 5. The quantitative estimate of drug-likeness (QED) is 0.282. The van der Waals surface area contributed by atoms with E-state index < -0.39 is 6.04 Å². The van der Waals surface area contributed by atoms with Gasteiger partial charge in [-0.1, -0.05) is 25.0 Å². The second-order valence-electron chi connectivity index (χ2n) is 9.94. The van der Waals surface area contributed by atoms with Crippen molar-refractivity contribution in [2.24, 2.45) is 0 Å². The first-order valence-electron chi connectivity index (χ1n) is 13.1. The summed E-state index contributed by atoms with van der Waals surface area (Å²) in [5.74, 6) is 1.69. The number of aromatic amines is 1. The normalized spacial score (nSPS) is 14.8. The number of furan rings is 1. The summed E-state index contributed by atoms with van der Waals surface area (Å²) in [6.07, 6.45) is 5.80. The fraction of sp³-hybridized carbons (Fsp3) is 0.310. The van der Waals surface area contributed by atoms with Gasteiger partial charge in [0.2, 0.25) is 0 Å². The monoisotopic (exact) mass is 528 g/mol. The smallest absolute Gasteiger partial charge is 0.253 e. The minimum Gasteiger partial charge on any atom is -0.497 e. The predicted octanol–water partition coefficient (Wildman–Crippen LogP) is 5.16. The zero-order valence-corrected chi connectivity index (χ0v) is 21.6. The van der Waals surface area contributed by atoms with E-state index in [2.05, 4.69) is 25.4 Å². The number of hydrogen-bond donors (Lipinski definition) is 1. The van der Waals surface area contributed by atoms with Crippen molar-refractivity contribution in [2.75, 3.05) is 7.11 Å². The number of hydrogen-bond acceptors (Lipinski definition) is 7. The summed E-state index contributed by atoms with van der Waals surface area (Å²) in [5, 5.41) is 13.8. The zero-order valence-electron chi connectivity index (χ0n) is 21.6. The van der Waals surface area contributed by atoms with Gasteiger partial charge < -0.3 is 14.1 Å². The molecule has 200 valence electrons. The number of nitrogens with zero attached hydrogens (tertiary/aromatic N) is 5. The van der Waals surface area contributed by atoms with Gasteiger partial charge in [0.25, 0.3) is 5.56 Å². The second kappa shape index (κ2) is 10.8. The molecular weight excluding hydrogens is 499 g/mol. The van der Waals surface area contributed by atoms with Gasteiger partial charge in [-0.3, -0.25) is 9.69 Å². The van der Waals surface area contributed by atoms with Crippen molar-refractivity contribution in [2.45, 2.75) is 50.9 Å². The summed E-state index contributed by atoms with van der Waals surface area (Å²) < 4.78 is 26.8. The lowest BCUT2D eigenvalue weighted by Crippen LogP contribution is -2.35. The Hall–Kier alpha value is -4.31. The average Bonchev–Trinajstić information content (AvgIpc) is 3.73. The van der Waals surface area contributed by atoms with E-state index >= 15 is 0 Å². The van der Waals surface area contributed by atoms with Gasteiger partial charge >= 0.3 is 0 Å². The maximum absolute atomic E-state index is 13.8. The van der Waals surface area contributed by atoms with Gasteiger partial charge in [0, 0.05) is 23.0 Å². The molecule has 1 fully saturated rings. The first-order chi connectivity index (χ1) is 19.1. The van der Waals surface area contributed by atoms with Gasteiger partial charge in [-0.2, -0.15) is 0 Å². The molecule has 9 nitrogen and oxygen atoms in total. The molecule has 0 unspecified atom stereocenters. The lowest BCUT2D eigenvalue weighted by Gasteiger charge is -2.31. The van der Waals surface area contributed by atoms with Gasteiger partial charge in [0.05, 0.1) is 26.0 Å². The molecule has 0 saturated heterocycles. The van der Waals surface area contributed by atoms with E-state index in [1.165, 1.54) is 12.1 Å². The van der Waals surface area contributed by atoms with Crippen molar-refractivity contribution >= 4 is 10.9 Å². The van der Waals surface area contributed by atoms with Crippen molar-refractivity contribution in [1.29, 1.82) is 0 Å². The number of fused-ring (bicyclic) bond motifs is 1. The van der Waals surface area contributed by atoms with Crippen molar-refractivity contribution < 1.29 is 13.5 Å². The van der Waals surface area contributed by atoms with E-state index in [0.717, 1.165) is 42.4 Å². The van der Waals surface area contributed by atoms with Crippen molar-refractivity contribution in [1.82, 2.24) is 30.1 Å². The van der Waals surface area contributed by atoms with Gasteiger partial charge in [-0.05, 0) is 77.4 Å². The largest absolute Gasteiger partial charge is 0.497 e. The van der Waals surface area contributed by atoms with Crippen LogP contribution in [0.2, 0.25) is 0 Å². The molecule has 3 heterocycles. The molecule has 1 aliphatic rings. The van der Waals surface area contributed by atoms with Crippen molar-refractivity contribution in [3.8, 4) is 5.75 Å². The Morgan fingerprint density at radius 1 is 1.13 bits per heavy atom. The van der Waals surface area contributed by atoms with E-state index in [0.29, 0.717) is 35.7 Å². The van der Waals surface area contributed by atoms with Gasteiger partial charge in [-0.25, -0.2) is 9.07 Å². The van der Waals surface area contributed by atoms with Gasteiger partial charge in [0.15, 0.2) is 5.82 Å². The fourth-order valence-corrected chi connectivity index (χ4v) is 5.49. The third-order valence-electron chi connectivity index (χ3n) is 7.41. The summed E-state index contributed by atoms with van der Waals surface area (Å²) in [5.41, 5.74) is 1.85. The molecule has 1 aliphatic carbocycles. The Bertz CT molecular complexity index is 1610. The highest BCUT2D eigenvalue weighted by Gasteiger charge is 2.34. The van der Waals surface area contributed by atoms with Gasteiger partial charge in [-0.15, -0.1) is 5.10 Å². The SMILES string of the molecule is COc1ccc2[nH]c(=O)c([C@H](c3nnnn3C3CCCC3)N(Cc3ccc(F)cc3)Cc3ccco3)cc2c1. The first-order valence-corrected chi connectivity index (χ1v) is 13.1. The lowest BCUT2D eigenvalue weighted by atomic mass is 10.0. The maximum atomic E-state index is 13.8. The Balaban J connectivity index is 1.53. The molecule has 0 aliphatic heterocycles. The highest BCUT2D eigenvalue weighted by atomic mass is 19.1. The van der Waals surface area contributed by atoms with Crippen LogP contribution in [0.1, 0.15) is 60.5 Å². The second-order valence-corrected chi connectivity index (χ2v) is 9.94. The summed E-state index contributed by atoms with van der Waals surface area (Å²) in [6, 6.07) is 17.1. The van der Waals surface area contributed by atoms with Crippen LogP contribution in [0.4, 0.5) is 4.39 Å². The molecular formula is C29H29FN6O3. The molecule has 0 radical (unpaired) electrons. The summed E-state index contributed by atoms with van der Waals surface area (Å²) in [4.78, 5) is 18.8. The molecule has 3 aromatic heterocycles. The van der Waals surface area contributed by atoms with Crippen molar-refractivity contribution in [3.05, 3.63) is 106 Å². The minimum absolute atomic E-state index is 0.161. The van der Waals surface area contributed by atoms with Crippen LogP contribution in [-0.2, 0) is 13.1 Å². The first kappa shape index (κ1) is 25.0. The molecule has 5 aromatic rings. The summed E-state index contributed by atoms with van der Waals surface area (Å²) >= 11 is 0. The number of methoxy groups -OCH3 is 1. The number of pyridine rings is 1. The van der Waals surface area contributed by atoms with E-state index in [-0.39, 0.29) is 17.4 Å². The fourth-order valence-electron chi connectivity index (χ4n) is 5.49. The van der Waals surface area contributed by atoms with Gasteiger partial charge in [0.1, 0.15) is 23.4 Å². The third kappa shape index (κ3) is 5.20. The van der Waals surface area contributed by atoms with Crippen LogP contribution in [-0.4, -0.2) is 37.2 Å². The molecule has 6 rings (SSSR count). The Morgan fingerprint density at radius 3 is 2.69 bits per heavy atom. The van der Waals surface area contributed by atoms with E-state index in [4.69, 9.17) is 9.15 Å². The number of rotatable bonds is 9. The van der Waals surface area contributed by atoms with Crippen LogP contribution < -0.4 is 10.3 Å². The van der Waals surface area contributed by atoms with Crippen LogP contribution in [0, 0.1) is 5.82 Å². The van der Waals surface area contributed by atoms with E-state index in [1.54, 1.807) is 25.5 Å². The average molecular weight is 529 g/mol. The molecule has 2 aromatic carbocycles. The Labute approximate surface area is 224 Å². The number of ether oxygens (including phenoxy) is 1. The lowest BCUT2D eigenvalue weighted by molar-refractivity contribution is 0.176. The topological polar surface area (TPSA) is 102 Å². The maximum Gasteiger partial charge on any atom is 0.253 e. The van der Waals surface area contributed by atoms with Crippen LogP contribution in [0.25, 0.3) is 10.9 Å². The van der Waals surface area contributed by atoms with Crippen molar-refractivity contribution in [3.63, 3.8) is 0 Å². The number of nitrogens with one attached hydrogen (secondary N) is 1. The van der Waals surface area contributed by atoms with Crippen LogP contribution in [0.5, 0.6) is 5.75 Å². The van der Waals surface area contributed by atoms with Crippen LogP contribution in [0.15, 0.2) is 76.1 Å². The highest BCUT2D eigenvalue weighted by molar-refractivity contribution is 5.80. The number of tetrazole rings is 1.